The standard InChI is InChI=1S/C14H19ClFN/c15-13-8-10(5-6-14(13)16)7-12(9-17)11-3-1-2-4-11/h5-6,8,11-12H,1-4,7,9,17H2. The summed E-state index contributed by atoms with van der Waals surface area (Å²) in [6, 6.07) is 4.99. The molecule has 0 spiro atoms. The summed E-state index contributed by atoms with van der Waals surface area (Å²) in [5, 5.41) is 0.213. The van der Waals surface area contributed by atoms with E-state index in [4.69, 9.17) is 17.3 Å². The van der Waals surface area contributed by atoms with Gasteiger partial charge in [-0.1, -0.05) is 43.4 Å². The lowest BCUT2D eigenvalue weighted by Crippen LogP contribution is -2.24. The SMILES string of the molecule is NCC(Cc1ccc(F)c(Cl)c1)C1CCCC1. The topological polar surface area (TPSA) is 26.0 Å². The van der Waals surface area contributed by atoms with Gasteiger partial charge in [-0.05, 0) is 42.5 Å². The Kier molecular flexibility index (Phi) is 4.41. The average Bonchev–Trinajstić information content (AvgIpc) is 2.84. The lowest BCUT2D eigenvalue weighted by Gasteiger charge is -2.21. The second kappa shape index (κ2) is 5.83. The molecule has 0 amide bonds. The Balaban J connectivity index is 2.04. The van der Waals surface area contributed by atoms with Crippen LogP contribution < -0.4 is 5.73 Å². The summed E-state index contributed by atoms with van der Waals surface area (Å²) < 4.78 is 13.1. The van der Waals surface area contributed by atoms with Crippen molar-refractivity contribution in [3.8, 4) is 0 Å². The zero-order valence-corrected chi connectivity index (χ0v) is 10.7. The summed E-state index contributed by atoms with van der Waals surface area (Å²) >= 11 is 5.79. The zero-order valence-electron chi connectivity index (χ0n) is 9.96. The molecule has 17 heavy (non-hydrogen) atoms. The molecular formula is C14H19ClFN. The highest BCUT2D eigenvalue weighted by Gasteiger charge is 2.24. The van der Waals surface area contributed by atoms with Crippen molar-refractivity contribution in [3.63, 3.8) is 0 Å². The Morgan fingerprint density at radius 3 is 2.65 bits per heavy atom. The van der Waals surface area contributed by atoms with Gasteiger partial charge in [0.15, 0.2) is 0 Å². The van der Waals surface area contributed by atoms with E-state index in [1.54, 1.807) is 6.07 Å². The Hall–Kier alpha value is -0.600. The molecule has 0 aliphatic heterocycles. The Morgan fingerprint density at radius 2 is 2.06 bits per heavy atom. The highest BCUT2D eigenvalue weighted by Crippen LogP contribution is 2.33. The van der Waals surface area contributed by atoms with Crippen LogP contribution in [0.2, 0.25) is 5.02 Å². The van der Waals surface area contributed by atoms with Crippen molar-refractivity contribution in [3.05, 3.63) is 34.6 Å². The molecule has 1 aliphatic rings. The van der Waals surface area contributed by atoms with Crippen molar-refractivity contribution in [2.75, 3.05) is 6.54 Å². The van der Waals surface area contributed by atoms with Crippen LogP contribution in [0.25, 0.3) is 0 Å². The molecule has 1 aromatic rings. The van der Waals surface area contributed by atoms with Crippen molar-refractivity contribution in [1.29, 1.82) is 0 Å². The fraction of sp³-hybridized carbons (Fsp3) is 0.571. The van der Waals surface area contributed by atoms with E-state index in [0.717, 1.165) is 17.9 Å². The molecule has 0 saturated heterocycles. The zero-order chi connectivity index (χ0) is 12.3. The van der Waals surface area contributed by atoms with Gasteiger partial charge in [0, 0.05) is 0 Å². The Labute approximate surface area is 107 Å². The predicted octanol–water partition coefficient (Wildman–Crippen LogP) is 3.79. The number of benzene rings is 1. The van der Waals surface area contributed by atoms with E-state index in [9.17, 15) is 4.39 Å². The van der Waals surface area contributed by atoms with Crippen LogP contribution in [0, 0.1) is 17.7 Å². The first-order valence-corrected chi connectivity index (χ1v) is 6.72. The van der Waals surface area contributed by atoms with Gasteiger partial charge in [-0.15, -0.1) is 0 Å². The van der Waals surface area contributed by atoms with E-state index in [1.165, 1.54) is 31.7 Å². The summed E-state index contributed by atoms with van der Waals surface area (Å²) in [4.78, 5) is 0. The number of hydrogen-bond acceptors (Lipinski definition) is 1. The average molecular weight is 256 g/mol. The first-order chi connectivity index (χ1) is 8.20. The third-order valence-electron chi connectivity index (χ3n) is 3.85. The molecule has 2 N–H and O–H groups in total. The van der Waals surface area contributed by atoms with Crippen LogP contribution >= 0.6 is 11.6 Å². The van der Waals surface area contributed by atoms with Crippen LogP contribution in [0.1, 0.15) is 31.2 Å². The van der Waals surface area contributed by atoms with Gasteiger partial charge in [-0.3, -0.25) is 0 Å². The van der Waals surface area contributed by atoms with Gasteiger partial charge in [0.25, 0.3) is 0 Å². The largest absolute Gasteiger partial charge is 0.330 e. The third-order valence-corrected chi connectivity index (χ3v) is 4.14. The highest BCUT2D eigenvalue weighted by molar-refractivity contribution is 6.30. The van der Waals surface area contributed by atoms with Crippen LogP contribution in [-0.4, -0.2) is 6.54 Å². The molecule has 1 aliphatic carbocycles. The van der Waals surface area contributed by atoms with Gasteiger partial charge < -0.3 is 5.73 Å². The van der Waals surface area contributed by atoms with Crippen molar-refractivity contribution < 1.29 is 4.39 Å². The van der Waals surface area contributed by atoms with Crippen molar-refractivity contribution in [1.82, 2.24) is 0 Å². The van der Waals surface area contributed by atoms with Crippen LogP contribution in [0.3, 0.4) is 0 Å². The molecule has 3 heteroatoms. The Bertz CT molecular complexity index is 374. The van der Waals surface area contributed by atoms with Crippen molar-refractivity contribution in [2.24, 2.45) is 17.6 Å². The summed E-state index contributed by atoms with van der Waals surface area (Å²) in [5.41, 5.74) is 6.96. The fourth-order valence-electron chi connectivity index (χ4n) is 2.84. The summed E-state index contributed by atoms with van der Waals surface area (Å²) in [5.74, 6) is 0.906. The molecule has 2 rings (SSSR count). The number of rotatable bonds is 4. The molecule has 1 fully saturated rings. The summed E-state index contributed by atoms with van der Waals surface area (Å²) in [7, 11) is 0. The van der Waals surface area contributed by atoms with Gasteiger partial charge in [-0.2, -0.15) is 0 Å². The predicted molar refractivity (Wildman–Crippen MR) is 69.6 cm³/mol. The van der Waals surface area contributed by atoms with Crippen LogP contribution in [0.4, 0.5) is 4.39 Å². The van der Waals surface area contributed by atoms with Gasteiger partial charge in [0.05, 0.1) is 5.02 Å². The minimum Gasteiger partial charge on any atom is -0.330 e. The van der Waals surface area contributed by atoms with Crippen molar-refractivity contribution in [2.45, 2.75) is 32.1 Å². The minimum absolute atomic E-state index is 0.213. The first kappa shape index (κ1) is 12.8. The molecule has 94 valence electrons. The van der Waals surface area contributed by atoms with Gasteiger partial charge in [0.1, 0.15) is 5.82 Å². The minimum atomic E-state index is -0.347. The fourth-order valence-corrected chi connectivity index (χ4v) is 3.04. The first-order valence-electron chi connectivity index (χ1n) is 6.34. The molecule has 0 radical (unpaired) electrons. The molecule has 0 aromatic heterocycles. The molecular weight excluding hydrogens is 237 g/mol. The maximum Gasteiger partial charge on any atom is 0.141 e. The maximum atomic E-state index is 13.1. The number of hydrogen-bond donors (Lipinski definition) is 1. The van der Waals surface area contributed by atoms with E-state index in [2.05, 4.69) is 0 Å². The second-order valence-corrected chi connectivity index (χ2v) is 5.40. The molecule has 1 nitrogen and oxygen atoms in total. The normalized spacial score (nSPS) is 18.5. The highest BCUT2D eigenvalue weighted by atomic mass is 35.5. The lowest BCUT2D eigenvalue weighted by atomic mass is 9.86. The number of halogens is 2. The van der Waals surface area contributed by atoms with Crippen LogP contribution in [0.15, 0.2) is 18.2 Å². The molecule has 1 aromatic carbocycles. The molecule has 1 saturated carbocycles. The monoisotopic (exact) mass is 255 g/mol. The van der Waals surface area contributed by atoms with E-state index >= 15 is 0 Å². The summed E-state index contributed by atoms with van der Waals surface area (Å²) in [6.07, 6.45) is 6.14. The van der Waals surface area contributed by atoms with E-state index < -0.39 is 0 Å². The number of nitrogens with two attached hydrogens (primary N) is 1. The molecule has 0 bridgehead atoms. The summed E-state index contributed by atoms with van der Waals surface area (Å²) in [6.45, 7) is 0.708. The van der Waals surface area contributed by atoms with Crippen LogP contribution in [-0.2, 0) is 6.42 Å². The Morgan fingerprint density at radius 1 is 1.35 bits per heavy atom. The van der Waals surface area contributed by atoms with Gasteiger partial charge in [-0.25, -0.2) is 4.39 Å². The third kappa shape index (κ3) is 3.20. The quantitative estimate of drug-likeness (QED) is 0.871. The van der Waals surface area contributed by atoms with E-state index in [0.29, 0.717) is 12.5 Å². The van der Waals surface area contributed by atoms with Crippen LogP contribution in [0.5, 0.6) is 0 Å². The molecule has 1 unspecified atom stereocenters. The lowest BCUT2D eigenvalue weighted by molar-refractivity contribution is 0.344. The maximum absolute atomic E-state index is 13.1. The van der Waals surface area contributed by atoms with E-state index in [-0.39, 0.29) is 10.8 Å². The second-order valence-electron chi connectivity index (χ2n) is 4.99. The van der Waals surface area contributed by atoms with E-state index in [1.807, 2.05) is 6.07 Å². The molecule has 1 atom stereocenters. The molecule has 0 heterocycles. The van der Waals surface area contributed by atoms with Crippen molar-refractivity contribution >= 4 is 11.6 Å². The smallest absolute Gasteiger partial charge is 0.141 e. The van der Waals surface area contributed by atoms with Gasteiger partial charge in [0.2, 0.25) is 0 Å². The van der Waals surface area contributed by atoms with Gasteiger partial charge >= 0.3 is 0 Å².